The van der Waals surface area contributed by atoms with Gasteiger partial charge in [-0.05, 0) is 26.0 Å². The van der Waals surface area contributed by atoms with Crippen molar-refractivity contribution in [1.82, 2.24) is 0 Å². The van der Waals surface area contributed by atoms with Crippen LogP contribution in [0.3, 0.4) is 0 Å². The molecule has 0 aliphatic rings. The van der Waals surface area contributed by atoms with Gasteiger partial charge in [-0.3, -0.25) is 0 Å². The molecule has 0 amide bonds. The molecule has 5 heteroatoms. The average molecular weight is 214 g/mol. The van der Waals surface area contributed by atoms with Crippen molar-refractivity contribution in [1.29, 1.82) is 0 Å². The minimum Gasteiger partial charge on any atom is -0.506 e. The van der Waals surface area contributed by atoms with Gasteiger partial charge in [-0.25, -0.2) is 4.21 Å². The normalized spacial score (nSPS) is 12.8. The van der Waals surface area contributed by atoms with Crippen LogP contribution in [0.4, 0.5) is 11.4 Å². The molecule has 1 aromatic carbocycles. The molecule has 0 aliphatic carbocycles. The Morgan fingerprint density at radius 1 is 1.50 bits per heavy atom. The molecule has 1 atom stereocenters. The molecule has 4 N–H and O–H groups in total. The molecule has 0 aliphatic heterocycles. The second-order valence-electron chi connectivity index (χ2n) is 3.22. The molecule has 1 aromatic rings. The van der Waals surface area contributed by atoms with Gasteiger partial charge in [-0.2, -0.15) is 0 Å². The number of hydrogen-bond donors (Lipinski definition) is 3. The quantitative estimate of drug-likeness (QED) is 0.526. The van der Waals surface area contributed by atoms with Gasteiger partial charge in [0.25, 0.3) is 0 Å². The van der Waals surface area contributed by atoms with Gasteiger partial charge in [-0.15, -0.1) is 0 Å². The second-order valence-corrected chi connectivity index (χ2v) is 4.97. The maximum absolute atomic E-state index is 11.4. The molecule has 0 saturated carbocycles. The van der Waals surface area contributed by atoms with Gasteiger partial charge in [-0.1, -0.05) is 0 Å². The van der Waals surface area contributed by atoms with Crippen molar-refractivity contribution >= 4 is 22.4 Å². The first-order chi connectivity index (χ1) is 6.50. The zero-order valence-corrected chi connectivity index (χ0v) is 8.97. The minimum absolute atomic E-state index is 0.00745. The second kappa shape index (κ2) is 4.32. The van der Waals surface area contributed by atoms with Crippen LogP contribution in [0.5, 0.6) is 5.75 Å². The number of anilines is 2. The molecular formula is C9H14N2O2S. The Balaban J connectivity index is 2.82. The first-order valence-corrected chi connectivity index (χ1v) is 5.47. The van der Waals surface area contributed by atoms with Crippen LogP contribution in [0, 0.1) is 0 Å². The highest BCUT2D eigenvalue weighted by Crippen LogP contribution is 2.25. The molecular weight excluding hydrogens is 200 g/mol. The van der Waals surface area contributed by atoms with E-state index in [4.69, 9.17) is 5.73 Å². The number of phenolic OH excluding ortho intramolecular Hbond substituents is 1. The lowest BCUT2D eigenvalue weighted by Crippen LogP contribution is -2.14. The van der Waals surface area contributed by atoms with E-state index in [0.29, 0.717) is 11.4 Å². The van der Waals surface area contributed by atoms with Crippen molar-refractivity contribution in [2.24, 2.45) is 0 Å². The third-order valence-electron chi connectivity index (χ3n) is 1.66. The Morgan fingerprint density at radius 2 is 2.14 bits per heavy atom. The van der Waals surface area contributed by atoms with Gasteiger partial charge in [0, 0.05) is 17.0 Å². The Labute approximate surface area is 85.7 Å². The van der Waals surface area contributed by atoms with E-state index in [0.717, 1.165) is 0 Å². The zero-order chi connectivity index (χ0) is 10.7. The van der Waals surface area contributed by atoms with Crippen LogP contribution in [0.15, 0.2) is 18.2 Å². The highest BCUT2D eigenvalue weighted by molar-refractivity contribution is 7.86. The Morgan fingerprint density at radius 3 is 2.64 bits per heavy atom. The number of nitrogen functional groups attached to an aromatic ring is 1. The summed E-state index contributed by atoms with van der Waals surface area (Å²) in [6, 6.07) is 4.66. The topological polar surface area (TPSA) is 75.4 Å². The van der Waals surface area contributed by atoms with E-state index < -0.39 is 11.0 Å². The van der Waals surface area contributed by atoms with Gasteiger partial charge in [0.2, 0.25) is 0 Å². The number of nitrogens with one attached hydrogen (secondary N) is 1. The number of hydrogen-bond acceptors (Lipinski definition) is 3. The van der Waals surface area contributed by atoms with E-state index in [2.05, 4.69) is 4.72 Å². The van der Waals surface area contributed by atoms with Crippen molar-refractivity contribution < 1.29 is 9.32 Å². The van der Waals surface area contributed by atoms with Crippen molar-refractivity contribution in [3.05, 3.63) is 18.2 Å². The highest BCUT2D eigenvalue weighted by atomic mass is 32.2. The molecule has 0 fully saturated rings. The summed E-state index contributed by atoms with van der Waals surface area (Å²) in [4.78, 5) is 0. The predicted octanol–water partition coefficient (Wildman–Crippen LogP) is 1.46. The lowest BCUT2D eigenvalue weighted by Gasteiger charge is -2.10. The zero-order valence-electron chi connectivity index (χ0n) is 8.15. The molecule has 0 bridgehead atoms. The van der Waals surface area contributed by atoms with Crippen molar-refractivity contribution in [2.75, 3.05) is 10.5 Å². The average Bonchev–Trinajstić information content (AvgIpc) is 2.09. The Bertz CT molecular complexity index is 353. The van der Waals surface area contributed by atoms with Crippen molar-refractivity contribution in [2.45, 2.75) is 19.1 Å². The summed E-state index contributed by atoms with van der Waals surface area (Å²) in [5.74, 6) is 0.0130. The number of aromatic hydroxyl groups is 1. The summed E-state index contributed by atoms with van der Waals surface area (Å²) >= 11 is 0. The predicted molar refractivity (Wildman–Crippen MR) is 59.4 cm³/mol. The number of rotatable bonds is 3. The van der Waals surface area contributed by atoms with E-state index in [1.807, 2.05) is 13.8 Å². The summed E-state index contributed by atoms with van der Waals surface area (Å²) in [6.07, 6.45) is 0. The van der Waals surface area contributed by atoms with Crippen LogP contribution in [0.25, 0.3) is 0 Å². The maximum atomic E-state index is 11.4. The summed E-state index contributed by atoms with van der Waals surface area (Å²) in [5.41, 5.74) is 6.37. The van der Waals surface area contributed by atoms with Gasteiger partial charge in [0.15, 0.2) is 0 Å². The van der Waals surface area contributed by atoms with Crippen LogP contribution in [0.1, 0.15) is 13.8 Å². The van der Waals surface area contributed by atoms with Gasteiger partial charge >= 0.3 is 0 Å². The fraction of sp³-hybridized carbons (Fsp3) is 0.333. The molecule has 1 rings (SSSR count). The maximum Gasteiger partial charge on any atom is 0.141 e. The fourth-order valence-electron chi connectivity index (χ4n) is 0.861. The number of phenols is 1. The van der Waals surface area contributed by atoms with Crippen molar-refractivity contribution in [3.8, 4) is 5.75 Å². The standard InChI is InChI=1S/C9H14N2O2S/c1-6(2)14(13)11-8-4-3-7(10)5-9(8)12/h3-6,11-12H,10H2,1-2H3. The largest absolute Gasteiger partial charge is 0.506 e. The van der Waals surface area contributed by atoms with E-state index in [-0.39, 0.29) is 11.0 Å². The monoisotopic (exact) mass is 214 g/mol. The molecule has 4 nitrogen and oxygen atoms in total. The molecule has 0 heterocycles. The molecule has 0 saturated heterocycles. The van der Waals surface area contributed by atoms with Gasteiger partial charge in [0.05, 0.1) is 5.69 Å². The molecule has 1 unspecified atom stereocenters. The van der Waals surface area contributed by atoms with Crippen LogP contribution in [0.2, 0.25) is 0 Å². The number of benzene rings is 1. The van der Waals surface area contributed by atoms with Gasteiger partial charge in [0.1, 0.15) is 16.7 Å². The van der Waals surface area contributed by atoms with Crippen LogP contribution in [-0.4, -0.2) is 14.6 Å². The van der Waals surface area contributed by atoms with E-state index >= 15 is 0 Å². The lowest BCUT2D eigenvalue weighted by atomic mass is 10.3. The molecule has 0 spiro atoms. The van der Waals surface area contributed by atoms with Crippen LogP contribution < -0.4 is 10.5 Å². The molecule has 78 valence electrons. The molecule has 14 heavy (non-hydrogen) atoms. The summed E-state index contributed by atoms with van der Waals surface area (Å²) < 4.78 is 14.1. The van der Waals surface area contributed by atoms with Gasteiger partial charge < -0.3 is 15.6 Å². The summed E-state index contributed by atoms with van der Waals surface area (Å²) in [5, 5.41) is 9.44. The summed E-state index contributed by atoms with van der Waals surface area (Å²) in [6.45, 7) is 3.66. The van der Waals surface area contributed by atoms with Crippen LogP contribution in [-0.2, 0) is 11.0 Å². The van der Waals surface area contributed by atoms with E-state index in [9.17, 15) is 9.32 Å². The van der Waals surface area contributed by atoms with E-state index in [1.54, 1.807) is 12.1 Å². The first kappa shape index (κ1) is 10.8. The van der Waals surface area contributed by atoms with Crippen LogP contribution >= 0.6 is 0 Å². The SMILES string of the molecule is CC(C)S(=O)Nc1ccc(N)cc1O. The third kappa shape index (κ3) is 2.63. The van der Waals surface area contributed by atoms with E-state index in [1.165, 1.54) is 6.07 Å². The smallest absolute Gasteiger partial charge is 0.141 e. The third-order valence-corrected chi connectivity index (χ3v) is 2.94. The summed E-state index contributed by atoms with van der Waals surface area (Å²) in [7, 11) is -1.19. The minimum atomic E-state index is -1.19. The molecule has 0 radical (unpaired) electrons. The Kier molecular flexibility index (Phi) is 3.35. The Hall–Kier alpha value is -1.23. The van der Waals surface area contributed by atoms with Crippen molar-refractivity contribution in [3.63, 3.8) is 0 Å². The highest BCUT2D eigenvalue weighted by Gasteiger charge is 2.07. The fourth-order valence-corrected chi connectivity index (χ4v) is 1.49. The first-order valence-electron chi connectivity index (χ1n) is 4.26. The lowest BCUT2D eigenvalue weighted by molar-refractivity contribution is 0.478. The number of nitrogens with two attached hydrogens (primary N) is 1. The molecule has 0 aromatic heterocycles.